The standard InChI is InChI=1S/C44H65N3O2/c1-5-9-13-19-33-45(34-20-14-10-6-2)37-25-29-39(30-26-37)47(43-41-23-17-18-24-42(41)44(48)49-43)40-31-27-38(28-32-40)46(35-21-15-11-7-3)36-22-16-12-8-4/h17-18,23-32,43H,5-16,19-22,33-36H2,1-4H3. The molecule has 0 saturated carbocycles. The number of rotatable bonds is 25. The maximum absolute atomic E-state index is 13.1. The van der Waals surface area contributed by atoms with E-state index < -0.39 is 6.23 Å². The minimum absolute atomic E-state index is 0.255. The van der Waals surface area contributed by atoms with Gasteiger partial charge in [0.1, 0.15) is 0 Å². The van der Waals surface area contributed by atoms with E-state index in [4.69, 9.17) is 4.74 Å². The van der Waals surface area contributed by atoms with Gasteiger partial charge in [0.25, 0.3) is 0 Å². The summed E-state index contributed by atoms with van der Waals surface area (Å²) in [4.78, 5) is 20.4. The first-order valence-electron chi connectivity index (χ1n) is 19.9. The molecular weight excluding hydrogens is 603 g/mol. The van der Waals surface area contributed by atoms with Gasteiger partial charge >= 0.3 is 5.97 Å². The van der Waals surface area contributed by atoms with Gasteiger partial charge in [-0.1, -0.05) is 123 Å². The summed E-state index contributed by atoms with van der Waals surface area (Å²) in [6.45, 7) is 13.5. The first-order valence-corrected chi connectivity index (χ1v) is 19.9. The highest BCUT2D eigenvalue weighted by Crippen LogP contribution is 2.42. The van der Waals surface area contributed by atoms with Gasteiger partial charge in [0, 0.05) is 54.5 Å². The van der Waals surface area contributed by atoms with Crippen molar-refractivity contribution in [3.8, 4) is 0 Å². The molecule has 1 aliphatic rings. The van der Waals surface area contributed by atoms with Gasteiger partial charge in [0.05, 0.1) is 5.56 Å². The van der Waals surface area contributed by atoms with E-state index in [0.29, 0.717) is 5.56 Å². The highest BCUT2D eigenvalue weighted by Gasteiger charge is 2.36. The number of carbonyl (C=O) groups is 1. The summed E-state index contributed by atoms with van der Waals surface area (Å²) >= 11 is 0. The molecule has 1 heterocycles. The van der Waals surface area contributed by atoms with E-state index in [-0.39, 0.29) is 5.97 Å². The first-order chi connectivity index (χ1) is 24.1. The van der Waals surface area contributed by atoms with Crippen LogP contribution in [0.2, 0.25) is 0 Å². The topological polar surface area (TPSA) is 36.0 Å². The van der Waals surface area contributed by atoms with Crippen LogP contribution in [0.25, 0.3) is 0 Å². The summed E-state index contributed by atoms with van der Waals surface area (Å²) in [5.41, 5.74) is 6.18. The molecule has 5 nitrogen and oxygen atoms in total. The molecular formula is C44H65N3O2. The van der Waals surface area contributed by atoms with Crippen LogP contribution in [-0.2, 0) is 4.74 Å². The van der Waals surface area contributed by atoms with Crippen LogP contribution < -0.4 is 14.7 Å². The minimum Gasteiger partial charge on any atom is -0.433 e. The zero-order valence-electron chi connectivity index (χ0n) is 31.3. The number of hydrogen-bond acceptors (Lipinski definition) is 5. The summed E-state index contributed by atoms with van der Waals surface area (Å²) in [6.07, 6.45) is 19.7. The summed E-state index contributed by atoms with van der Waals surface area (Å²) in [5.74, 6) is -0.255. The summed E-state index contributed by atoms with van der Waals surface area (Å²) < 4.78 is 6.13. The van der Waals surface area contributed by atoms with Crippen LogP contribution in [0.3, 0.4) is 0 Å². The van der Waals surface area contributed by atoms with Gasteiger partial charge in [-0.2, -0.15) is 0 Å². The van der Waals surface area contributed by atoms with Gasteiger partial charge in [0.2, 0.25) is 6.23 Å². The van der Waals surface area contributed by atoms with E-state index in [0.717, 1.165) is 43.1 Å². The third-order valence-corrected chi connectivity index (χ3v) is 10.0. The summed E-state index contributed by atoms with van der Waals surface area (Å²) in [6, 6.07) is 25.8. The Kier molecular flexibility index (Phi) is 16.9. The van der Waals surface area contributed by atoms with E-state index in [1.54, 1.807) is 0 Å². The Morgan fingerprint density at radius 1 is 0.469 bits per heavy atom. The van der Waals surface area contributed by atoms with E-state index in [2.05, 4.69) is 90.9 Å². The number of nitrogens with zero attached hydrogens (tertiary/aromatic N) is 3. The van der Waals surface area contributed by atoms with Crippen molar-refractivity contribution >= 4 is 28.7 Å². The number of unbranched alkanes of at least 4 members (excludes halogenated alkanes) is 12. The Hall–Kier alpha value is -3.47. The quantitative estimate of drug-likeness (QED) is 0.0664. The Morgan fingerprint density at radius 3 is 1.22 bits per heavy atom. The average molecular weight is 668 g/mol. The molecule has 0 radical (unpaired) electrons. The largest absolute Gasteiger partial charge is 0.433 e. The third-order valence-electron chi connectivity index (χ3n) is 10.0. The van der Waals surface area contributed by atoms with Crippen LogP contribution >= 0.6 is 0 Å². The van der Waals surface area contributed by atoms with Crippen molar-refractivity contribution in [1.82, 2.24) is 0 Å². The van der Waals surface area contributed by atoms with Crippen molar-refractivity contribution in [2.45, 2.75) is 137 Å². The molecule has 0 amide bonds. The maximum Gasteiger partial charge on any atom is 0.340 e. The van der Waals surface area contributed by atoms with Gasteiger partial charge in [-0.3, -0.25) is 0 Å². The molecule has 0 spiro atoms. The van der Waals surface area contributed by atoms with Crippen LogP contribution in [0.5, 0.6) is 0 Å². The fourth-order valence-electron chi connectivity index (χ4n) is 7.04. The first kappa shape index (κ1) is 38.3. The molecule has 1 unspecified atom stereocenters. The molecule has 0 fully saturated rings. The lowest BCUT2D eigenvalue weighted by atomic mass is 10.1. The summed E-state index contributed by atoms with van der Waals surface area (Å²) in [7, 11) is 0. The molecule has 0 aromatic heterocycles. The molecule has 3 aromatic carbocycles. The fraction of sp³-hybridized carbons (Fsp3) is 0.568. The van der Waals surface area contributed by atoms with Crippen molar-refractivity contribution in [3.63, 3.8) is 0 Å². The third kappa shape index (κ3) is 11.5. The Labute approximate surface area is 299 Å². The molecule has 1 aliphatic heterocycles. The van der Waals surface area contributed by atoms with Gasteiger partial charge in [-0.05, 0) is 80.3 Å². The number of anilines is 4. The lowest BCUT2D eigenvalue weighted by Crippen LogP contribution is -2.27. The lowest BCUT2D eigenvalue weighted by molar-refractivity contribution is 0.0399. The van der Waals surface area contributed by atoms with Crippen molar-refractivity contribution in [2.24, 2.45) is 0 Å². The van der Waals surface area contributed by atoms with E-state index in [1.807, 2.05) is 24.3 Å². The number of cyclic esters (lactones) is 1. The van der Waals surface area contributed by atoms with Crippen molar-refractivity contribution < 1.29 is 9.53 Å². The molecule has 268 valence electrons. The minimum atomic E-state index is -0.515. The average Bonchev–Trinajstić information content (AvgIpc) is 3.46. The molecule has 0 N–H and O–H groups in total. The highest BCUT2D eigenvalue weighted by atomic mass is 16.6. The SMILES string of the molecule is CCCCCCN(CCCCCC)c1ccc(N(c2ccc(N(CCCCCC)CCCCCC)cc2)C2OC(=O)c3ccccc32)cc1. The van der Waals surface area contributed by atoms with Crippen LogP contribution in [0.15, 0.2) is 72.8 Å². The van der Waals surface area contributed by atoms with Crippen molar-refractivity contribution in [2.75, 3.05) is 40.9 Å². The van der Waals surface area contributed by atoms with Gasteiger partial charge in [-0.15, -0.1) is 0 Å². The maximum atomic E-state index is 13.1. The monoisotopic (exact) mass is 668 g/mol. The lowest BCUT2D eigenvalue weighted by Gasteiger charge is -2.32. The van der Waals surface area contributed by atoms with Crippen LogP contribution in [0.4, 0.5) is 22.7 Å². The number of benzene rings is 3. The van der Waals surface area contributed by atoms with E-state index in [1.165, 1.54) is 114 Å². The molecule has 0 bridgehead atoms. The molecule has 49 heavy (non-hydrogen) atoms. The molecule has 1 atom stereocenters. The number of ether oxygens (including phenoxy) is 1. The number of hydrogen-bond donors (Lipinski definition) is 0. The number of carbonyl (C=O) groups excluding carboxylic acids is 1. The summed E-state index contributed by atoms with van der Waals surface area (Å²) in [5, 5.41) is 0. The smallest absolute Gasteiger partial charge is 0.340 e. The van der Waals surface area contributed by atoms with Crippen molar-refractivity contribution in [3.05, 3.63) is 83.9 Å². The second kappa shape index (κ2) is 21.6. The number of esters is 1. The predicted molar refractivity (Wildman–Crippen MR) is 211 cm³/mol. The van der Waals surface area contributed by atoms with Crippen molar-refractivity contribution in [1.29, 1.82) is 0 Å². The Bertz CT molecular complexity index is 1240. The molecule has 4 rings (SSSR count). The molecule has 5 heteroatoms. The fourth-order valence-corrected chi connectivity index (χ4v) is 7.04. The van der Waals surface area contributed by atoms with Gasteiger partial charge < -0.3 is 19.4 Å². The zero-order valence-corrected chi connectivity index (χ0v) is 31.3. The molecule has 0 aliphatic carbocycles. The molecule has 3 aromatic rings. The van der Waals surface area contributed by atoms with E-state index >= 15 is 0 Å². The van der Waals surface area contributed by atoms with E-state index in [9.17, 15) is 4.79 Å². The second-order valence-corrected chi connectivity index (χ2v) is 14.0. The zero-order chi connectivity index (χ0) is 34.7. The number of fused-ring (bicyclic) bond motifs is 1. The van der Waals surface area contributed by atoms with Gasteiger partial charge in [0.15, 0.2) is 0 Å². The Morgan fingerprint density at radius 2 is 0.837 bits per heavy atom. The predicted octanol–water partition coefficient (Wildman–Crippen LogP) is 12.6. The Balaban J connectivity index is 1.61. The van der Waals surface area contributed by atoms with Crippen LogP contribution in [-0.4, -0.2) is 32.1 Å². The highest BCUT2D eigenvalue weighted by molar-refractivity contribution is 5.95. The second-order valence-electron chi connectivity index (χ2n) is 14.0. The normalized spacial score (nSPS) is 13.7. The molecule has 0 saturated heterocycles. The van der Waals surface area contributed by atoms with Gasteiger partial charge in [-0.25, -0.2) is 4.79 Å². The van der Waals surface area contributed by atoms with Crippen LogP contribution in [0.1, 0.15) is 153 Å². The van der Waals surface area contributed by atoms with Crippen LogP contribution in [0, 0.1) is 0 Å².